The second kappa shape index (κ2) is 16.5. The van der Waals surface area contributed by atoms with Crippen molar-refractivity contribution in [2.75, 3.05) is 0 Å². The summed E-state index contributed by atoms with van der Waals surface area (Å²) in [7, 11) is 0. The molecular weight excluding hydrogens is 200 g/mol. The Balaban J connectivity index is -0.000000245. The van der Waals surface area contributed by atoms with Crippen molar-refractivity contribution < 1.29 is 17.0 Å². The number of hydrogen-bond donors (Lipinski definition) is 0. The van der Waals surface area contributed by atoms with Crippen LogP contribution in [0.5, 0.6) is 0 Å². The van der Waals surface area contributed by atoms with E-state index in [1.54, 1.807) is 0 Å². The zero-order chi connectivity index (χ0) is 6.24. The summed E-state index contributed by atoms with van der Waals surface area (Å²) in [5.41, 5.74) is 0. The van der Waals surface area contributed by atoms with E-state index in [0.717, 1.165) is 6.42 Å². The van der Waals surface area contributed by atoms with Gasteiger partial charge in [0.15, 0.2) is 0 Å². The van der Waals surface area contributed by atoms with Crippen LogP contribution in [0, 0.1) is 6.92 Å². The third-order valence-corrected chi connectivity index (χ3v) is 1.06. The topological polar surface area (TPSA) is 0 Å². The zero-order valence-electron chi connectivity index (χ0n) is 6.78. The first kappa shape index (κ1) is 17.2. The molecule has 0 bridgehead atoms. The summed E-state index contributed by atoms with van der Waals surface area (Å²) >= 11 is 0. The van der Waals surface area contributed by atoms with Gasteiger partial charge in [-0.3, -0.25) is 0 Å². The molecule has 0 fully saturated rings. The number of allylic oxidation sites excluding steroid dienone is 2. The third-order valence-electron chi connectivity index (χ3n) is 1.06. The van der Waals surface area contributed by atoms with Crippen LogP contribution in [-0.2, 0) is 0 Å². The van der Waals surface area contributed by atoms with E-state index in [0.29, 0.717) is 0 Å². The van der Waals surface area contributed by atoms with E-state index in [-0.39, 0.29) is 40.0 Å². The second-order valence-electron chi connectivity index (χ2n) is 1.90. The molecule has 0 spiro atoms. The van der Waals surface area contributed by atoms with Crippen molar-refractivity contribution in [3.63, 3.8) is 0 Å². The van der Waals surface area contributed by atoms with E-state index < -0.39 is 0 Å². The summed E-state index contributed by atoms with van der Waals surface area (Å²) < 4.78 is 0. The van der Waals surface area contributed by atoms with E-state index in [1.165, 1.54) is 19.3 Å². The largest absolute Gasteiger partial charge is 2.00 e. The molecule has 0 aliphatic heterocycles. The number of halogens is 1. The van der Waals surface area contributed by atoms with Crippen molar-refractivity contribution in [1.82, 2.24) is 0 Å². The monoisotopic (exact) mass is 214 g/mol. The Labute approximate surface area is 91.4 Å². The molecule has 2 heteroatoms. The van der Waals surface area contributed by atoms with Gasteiger partial charge < -0.3 is 23.9 Å². The van der Waals surface area contributed by atoms with E-state index in [4.69, 9.17) is 0 Å². The van der Waals surface area contributed by atoms with Crippen LogP contribution in [0.25, 0.3) is 0 Å². The summed E-state index contributed by atoms with van der Waals surface area (Å²) in [4.78, 5) is 0. The SMILES string of the molecule is [Br-].[CH2-]C/C=C\CCCC.[Mg+2]. The van der Waals surface area contributed by atoms with Crippen LogP contribution in [0.4, 0.5) is 0 Å². The average molecular weight is 215 g/mol. The van der Waals surface area contributed by atoms with Crippen molar-refractivity contribution in [2.45, 2.75) is 32.6 Å². The molecule has 0 atom stereocenters. The molecule has 0 amide bonds. The Kier molecular flexibility index (Phi) is 28.4. The maximum absolute atomic E-state index is 3.70. The molecule has 0 aliphatic rings. The molecule has 0 heterocycles. The van der Waals surface area contributed by atoms with Crippen molar-refractivity contribution in [2.24, 2.45) is 0 Å². The molecule has 0 nitrogen and oxygen atoms in total. The van der Waals surface area contributed by atoms with E-state index in [2.05, 4.69) is 26.0 Å². The molecule has 0 saturated heterocycles. The van der Waals surface area contributed by atoms with Gasteiger partial charge in [-0.15, -0.1) is 6.08 Å². The Hall–Kier alpha value is 0.986. The molecule has 0 N–H and O–H groups in total. The predicted molar refractivity (Wildman–Crippen MR) is 44.4 cm³/mol. The molecule has 0 radical (unpaired) electrons. The van der Waals surface area contributed by atoms with E-state index in [1.807, 2.05) is 0 Å². The number of hydrogen-bond acceptors (Lipinski definition) is 0. The fourth-order valence-electron chi connectivity index (χ4n) is 0.558. The van der Waals surface area contributed by atoms with Crippen LogP contribution in [0.1, 0.15) is 32.6 Å². The fourth-order valence-corrected chi connectivity index (χ4v) is 0.558. The summed E-state index contributed by atoms with van der Waals surface area (Å²) in [6, 6.07) is 0. The zero-order valence-corrected chi connectivity index (χ0v) is 9.78. The van der Waals surface area contributed by atoms with Gasteiger partial charge in [0.1, 0.15) is 0 Å². The summed E-state index contributed by atoms with van der Waals surface area (Å²) in [5, 5.41) is 0. The molecule has 56 valence electrons. The molecule has 0 aromatic rings. The van der Waals surface area contributed by atoms with E-state index in [9.17, 15) is 0 Å². The third kappa shape index (κ3) is 16.0. The van der Waals surface area contributed by atoms with Crippen LogP contribution >= 0.6 is 0 Å². The van der Waals surface area contributed by atoms with Gasteiger partial charge >= 0.3 is 23.1 Å². The average Bonchev–Trinajstić information content (AvgIpc) is 1.81. The van der Waals surface area contributed by atoms with Gasteiger partial charge in [0.05, 0.1) is 0 Å². The molecular formula is C8H15BrMg. The van der Waals surface area contributed by atoms with Gasteiger partial charge in [-0.25, -0.2) is 0 Å². The first-order chi connectivity index (χ1) is 3.91. The van der Waals surface area contributed by atoms with Crippen molar-refractivity contribution in [1.29, 1.82) is 0 Å². The Bertz CT molecular complexity index is 62.3. The summed E-state index contributed by atoms with van der Waals surface area (Å²) in [6.45, 7) is 5.90. The minimum atomic E-state index is 0. The Morgan fingerprint density at radius 2 is 1.90 bits per heavy atom. The molecule has 0 rings (SSSR count). The van der Waals surface area contributed by atoms with Gasteiger partial charge in [0, 0.05) is 0 Å². The second-order valence-corrected chi connectivity index (χ2v) is 1.90. The maximum atomic E-state index is 3.70. The fraction of sp³-hybridized carbons (Fsp3) is 0.625. The molecule has 0 saturated carbocycles. The van der Waals surface area contributed by atoms with Gasteiger partial charge in [0.25, 0.3) is 0 Å². The maximum Gasteiger partial charge on any atom is 2.00 e. The Morgan fingerprint density at radius 1 is 1.30 bits per heavy atom. The van der Waals surface area contributed by atoms with Gasteiger partial charge in [-0.2, -0.15) is 6.42 Å². The first-order valence-corrected chi connectivity index (χ1v) is 3.36. The summed E-state index contributed by atoms with van der Waals surface area (Å²) in [5.74, 6) is 0. The van der Waals surface area contributed by atoms with Crippen molar-refractivity contribution >= 4 is 23.1 Å². The normalized spacial score (nSPS) is 8.60. The van der Waals surface area contributed by atoms with Crippen molar-refractivity contribution in [3.8, 4) is 0 Å². The molecule has 10 heavy (non-hydrogen) atoms. The van der Waals surface area contributed by atoms with Crippen LogP contribution in [0.15, 0.2) is 12.2 Å². The number of unbranched alkanes of at least 4 members (excludes halogenated alkanes) is 2. The van der Waals surface area contributed by atoms with Gasteiger partial charge in [0.2, 0.25) is 0 Å². The summed E-state index contributed by atoms with van der Waals surface area (Å²) in [6.07, 6.45) is 9.10. The van der Waals surface area contributed by atoms with Crippen LogP contribution in [0.3, 0.4) is 0 Å². The standard InChI is InChI=1S/C8H15.BrH.Mg/c1-3-5-7-8-6-4-2;;/h5,7H,1,3-4,6,8H2,2H3;1H;/q-1;;+2/p-1/b7-5-;;. The quantitative estimate of drug-likeness (QED) is 0.259. The predicted octanol–water partition coefficient (Wildman–Crippen LogP) is -0.420. The molecule has 0 aromatic heterocycles. The van der Waals surface area contributed by atoms with Gasteiger partial charge in [-0.1, -0.05) is 25.8 Å². The molecule has 0 aliphatic carbocycles. The first-order valence-electron chi connectivity index (χ1n) is 3.36. The molecule has 0 unspecified atom stereocenters. The molecule has 0 aromatic carbocycles. The Morgan fingerprint density at radius 3 is 2.30 bits per heavy atom. The van der Waals surface area contributed by atoms with Crippen LogP contribution < -0.4 is 17.0 Å². The minimum Gasteiger partial charge on any atom is -1.00 e. The van der Waals surface area contributed by atoms with Crippen LogP contribution in [-0.4, -0.2) is 23.1 Å². The minimum absolute atomic E-state index is 0. The van der Waals surface area contributed by atoms with Crippen molar-refractivity contribution in [3.05, 3.63) is 19.1 Å². The smallest absolute Gasteiger partial charge is 1.00 e. The van der Waals surface area contributed by atoms with Gasteiger partial charge in [-0.05, 0) is 6.42 Å². The van der Waals surface area contributed by atoms with E-state index >= 15 is 0 Å². The van der Waals surface area contributed by atoms with Crippen LogP contribution in [0.2, 0.25) is 0 Å². The number of rotatable bonds is 4.